The van der Waals surface area contributed by atoms with Crippen molar-refractivity contribution in [2.45, 2.75) is 18.2 Å². The smallest absolute Gasteiger partial charge is 0.193 e. The predicted octanol–water partition coefficient (Wildman–Crippen LogP) is 2.53. The lowest BCUT2D eigenvalue weighted by molar-refractivity contribution is 0.405. The van der Waals surface area contributed by atoms with Crippen LogP contribution in [-0.4, -0.2) is 18.3 Å². The Morgan fingerprint density at radius 2 is 2.46 bits per heavy atom. The van der Waals surface area contributed by atoms with Crippen LogP contribution in [0.15, 0.2) is 16.5 Å². The van der Waals surface area contributed by atoms with Gasteiger partial charge in [-0.3, -0.25) is 0 Å². The first-order valence-corrected chi connectivity index (χ1v) is 5.93. The van der Waals surface area contributed by atoms with Crippen molar-refractivity contribution >= 4 is 23.4 Å². The van der Waals surface area contributed by atoms with Gasteiger partial charge in [0.1, 0.15) is 5.76 Å². The second kappa shape index (κ2) is 4.40. The maximum atomic E-state index is 5.65. The van der Waals surface area contributed by atoms with Crippen LogP contribution in [0.3, 0.4) is 0 Å². The molecule has 0 saturated carbocycles. The van der Waals surface area contributed by atoms with Crippen LogP contribution in [-0.2, 0) is 5.75 Å². The van der Waals surface area contributed by atoms with Gasteiger partial charge in [0.05, 0.1) is 5.75 Å². The van der Waals surface area contributed by atoms with Gasteiger partial charge in [0.15, 0.2) is 5.22 Å². The normalized spacial score (nSPS) is 21.5. The van der Waals surface area contributed by atoms with E-state index in [0.717, 1.165) is 23.3 Å². The molecule has 1 saturated heterocycles. The minimum atomic E-state index is 0.484. The third kappa shape index (κ3) is 2.66. The topological polar surface area (TPSA) is 25.2 Å². The fraction of sp³-hybridized carbons (Fsp3) is 0.556. The van der Waals surface area contributed by atoms with Gasteiger partial charge in [-0.15, -0.1) is 0 Å². The molecule has 0 aliphatic carbocycles. The van der Waals surface area contributed by atoms with Crippen molar-refractivity contribution in [1.29, 1.82) is 0 Å². The summed E-state index contributed by atoms with van der Waals surface area (Å²) in [5, 5.41) is 3.84. The second-order valence-electron chi connectivity index (χ2n) is 3.16. The molecule has 2 heterocycles. The van der Waals surface area contributed by atoms with Crippen molar-refractivity contribution in [2.75, 3.05) is 12.3 Å². The standard InChI is InChI=1S/C9H12ClNOS/c10-9-2-1-8(12-9)6-13-5-7-3-4-11-7/h1-2,7,11H,3-6H2. The van der Waals surface area contributed by atoms with Gasteiger partial charge in [-0.25, -0.2) is 0 Å². The Labute approximate surface area is 87.0 Å². The van der Waals surface area contributed by atoms with E-state index in [9.17, 15) is 0 Å². The summed E-state index contributed by atoms with van der Waals surface area (Å²) in [6.45, 7) is 1.18. The van der Waals surface area contributed by atoms with Crippen molar-refractivity contribution in [2.24, 2.45) is 0 Å². The predicted molar refractivity (Wildman–Crippen MR) is 56.3 cm³/mol. The maximum Gasteiger partial charge on any atom is 0.193 e. The molecule has 0 amide bonds. The van der Waals surface area contributed by atoms with Gasteiger partial charge in [-0.1, -0.05) is 0 Å². The molecule has 1 aliphatic heterocycles. The van der Waals surface area contributed by atoms with Crippen LogP contribution in [0.5, 0.6) is 0 Å². The van der Waals surface area contributed by atoms with E-state index >= 15 is 0 Å². The lowest BCUT2D eigenvalue weighted by Gasteiger charge is -2.26. The number of thioether (sulfide) groups is 1. The molecule has 2 nitrogen and oxygen atoms in total. The first-order valence-electron chi connectivity index (χ1n) is 4.40. The summed E-state index contributed by atoms with van der Waals surface area (Å²) in [5.74, 6) is 3.05. The molecular formula is C9H12ClNOS. The zero-order valence-corrected chi connectivity index (χ0v) is 8.83. The highest BCUT2D eigenvalue weighted by atomic mass is 35.5. The molecule has 13 heavy (non-hydrogen) atoms. The van der Waals surface area contributed by atoms with Crippen molar-refractivity contribution in [3.63, 3.8) is 0 Å². The van der Waals surface area contributed by atoms with Gasteiger partial charge in [0.2, 0.25) is 0 Å². The average Bonchev–Trinajstić information content (AvgIpc) is 2.42. The molecular weight excluding hydrogens is 206 g/mol. The molecule has 1 aromatic rings. The molecule has 0 radical (unpaired) electrons. The van der Waals surface area contributed by atoms with Gasteiger partial charge in [0.25, 0.3) is 0 Å². The summed E-state index contributed by atoms with van der Waals surface area (Å²) in [7, 11) is 0. The van der Waals surface area contributed by atoms with Crippen LogP contribution in [0.25, 0.3) is 0 Å². The van der Waals surface area contributed by atoms with Gasteiger partial charge in [-0.2, -0.15) is 11.8 Å². The Kier molecular flexibility index (Phi) is 3.19. The largest absolute Gasteiger partial charge is 0.449 e. The lowest BCUT2D eigenvalue weighted by atomic mass is 10.1. The van der Waals surface area contributed by atoms with E-state index in [1.165, 1.54) is 13.0 Å². The third-order valence-corrected chi connectivity index (χ3v) is 3.45. The van der Waals surface area contributed by atoms with E-state index in [1.807, 2.05) is 17.8 Å². The van der Waals surface area contributed by atoms with E-state index in [4.69, 9.17) is 16.0 Å². The van der Waals surface area contributed by atoms with Crippen LogP contribution in [0, 0.1) is 0 Å². The highest BCUT2D eigenvalue weighted by Gasteiger charge is 2.15. The van der Waals surface area contributed by atoms with Crippen LogP contribution in [0.4, 0.5) is 0 Å². The van der Waals surface area contributed by atoms with Crippen molar-refractivity contribution in [1.82, 2.24) is 5.32 Å². The third-order valence-electron chi connectivity index (χ3n) is 2.12. The lowest BCUT2D eigenvalue weighted by Crippen LogP contribution is -2.44. The molecule has 0 aromatic carbocycles. The van der Waals surface area contributed by atoms with Gasteiger partial charge in [-0.05, 0) is 36.7 Å². The van der Waals surface area contributed by atoms with E-state index in [-0.39, 0.29) is 0 Å². The molecule has 4 heteroatoms. The number of nitrogens with one attached hydrogen (secondary N) is 1. The fourth-order valence-electron chi connectivity index (χ4n) is 1.22. The molecule has 1 N–H and O–H groups in total. The average molecular weight is 218 g/mol. The Balaban J connectivity index is 1.67. The minimum absolute atomic E-state index is 0.484. The Bertz CT molecular complexity index is 272. The van der Waals surface area contributed by atoms with Crippen LogP contribution >= 0.6 is 23.4 Å². The van der Waals surface area contributed by atoms with E-state index < -0.39 is 0 Å². The van der Waals surface area contributed by atoms with Gasteiger partial charge < -0.3 is 9.73 Å². The van der Waals surface area contributed by atoms with Crippen LogP contribution in [0.1, 0.15) is 12.2 Å². The first kappa shape index (κ1) is 9.44. The minimum Gasteiger partial charge on any atom is -0.449 e. The summed E-state index contributed by atoms with van der Waals surface area (Å²) in [4.78, 5) is 0. The summed E-state index contributed by atoms with van der Waals surface area (Å²) >= 11 is 7.54. The number of hydrogen-bond acceptors (Lipinski definition) is 3. The molecule has 1 aliphatic rings. The SMILES string of the molecule is Clc1ccc(CSCC2CCN2)o1. The number of furan rings is 1. The molecule has 72 valence electrons. The molecule has 0 bridgehead atoms. The van der Waals surface area contributed by atoms with Crippen LogP contribution in [0.2, 0.25) is 5.22 Å². The van der Waals surface area contributed by atoms with E-state index in [1.54, 1.807) is 6.07 Å². The van der Waals surface area contributed by atoms with E-state index in [2.05, 4.69) is 5.32 Å². The highest BCUT2D eigenvalue weighted by Crippen LogP contribution is 2.20. The van der Waals surface area contributed by atoms with Crippen molar-refractivity contribution in [3.05, 3.63) is 23.1 Å². The second-order valence-corrected chi connectivity index (χ2v) is 4.56. The molecule has 1 fully saturated rings. The Morgan fingerprint density at radius 3 is 3.00 bits per heavy atom. The molecule has 2 rings (SSSR count). The Morgan fingerprint density at radius 1 is 1.62 bits per heavy atom. The zero-order valence-electron chi connectivity index (χ0n) is 7.25. The van der Waals surface area contributed by atoms with Gasteiger partial charge >= 0.3 is 0 Å². The molecule has 0 spiro atoms. The summed E-state index contributed by atoms with van der Waals surface area (Å²) in [5.41, 5.74) is 0. The maximum absolute atomic E-state index is 5.65. The van der Waals surface area contributed by atoms with Crippen molar-refractivity contribution in [3.8, 4) is 0 Å². The summed E-state index contributed by atoms with van der Waals surface area (Å²) in [6, 6.07) is 4.44. The monoisotopic (exact) mass is 217 g/mol. The quantitative estimate of drug-likeness (QED) is 0.839. The molecule has 1 atom stereocenters. The van der Waals surface area contributed by atoms with Crippen molar-refractivity contribution < 1.29 is 4.42 Å². The molecule has 1 aromatic heterocycles. The highest BCUT2D eigenvalue weighted by molar-refractivity contribution is 7.98. The van der Waals surface area contributed by atoms with Crippen LogP contribution < -0.4 is 5.32 Å². The number of halogens is 1. The summed E-state index contributed by atoms with van der Waals surface area (Å²) < 4.78 is 5.24. The zero-order chi connectivity index (χ0) is 9.10. The summed E-state index contributed by atoms with van der Waals surface area (Å²) in [6.07, 6.45) is 1.31. The number of hydrogen-bond donors (Lipinski definition) is 1. The fourth-order valence-corrected chi connectivity index (χ4v) is 2.43. The first-order chi connectivity index (χ1) is 6.34. The van der Waals surface area contributed by atoms with E-state index in [0.29, 0.717) is 5.22 Å². The number of rotatable bonds is 4. The van der Waals surface area contributed by atoms with Gasteiger partial charge in [0, 0.05) is 11.8 Å². The molecule has 1 unspecified atom stereocenters. The Hall–Kier alpha value is -0.120.